The molecule has 3 rings (SSSR count). The van der Waals surface area contributed by atoms with Gasteiger partial charge >= 0.3 is 6.18 Å². The predicted molar refractivity (Wildman–Crippen MR) is 107 cm³/mol. The first kappa shape index (κ1) is 21.5. The number of nitrogens with zero attached hydrogens (tertiary/aromatic N) is 2. The maximum atomic E-state index is 12.6. The molecule has 2 heterocycles. The molecule has 156 valence electrons. The smallest absolute Gasteiger partial charge is 0.268 e. The second-order valence-corrected chi connectivity index (χ2v) is 9.22. The van der Waals surface area contributed by atoms with Crippen LogP contribution in [0.2, 0.25) is 0 Å². The van der Waals surface area contributed by atoms with Crippen LogP contribution in [0.25, 0.3) is 11.1 Å². The molecule has 1 aromatic carbocycles. The van der Waals surface area contributed by atoms with Gasteiger partial charge in [0, 0.05) is 17.8 Å². The summed E-state index contributed by atoms with van der Waals surface area (Å²) in [6.45, 7) is 4.33. The number of rotatable bonds is 7. The SMILES string of the molecule is Cc1nn(CCNS(=O)(=O)Cc2ccc(C(F)(F)F)cc2)c(C)c1-c1ccsc1. The quantitative estimate of drug-likeness (QED) is 0.590. The first-order valence-electron chi connectivity index (χ1n) is 8.77. The molecule has 0 aliphatic carbocycles. The zero-order valence-corrected chi connectivity index (χ0v) is 17.5. The van der Waals surface area contributed by atoms with Gasteiger partial charge in [0.2, 0.25) is 10.0 Å². The fourth-order valence-electron chi connectivity index (χ4n) is 3.11. The van der Waals surface area contributed by atoms with Crippen molar-refractivity contribution < 1.29 is 21.6 Å². The predicted octanol–water partition coefficient (Wildman–Crippen LogP) is 4.37. The molecule has 0 atom stereocenters. The van der Waals surface area contributed by atoms with E-state index in [1.54, 1.807) is 16.0 Å². The molecule has 29 heavy (non-hydrogen) atoms. The highest BCUT2D eigenvalue weighted by Crippen LogP contribution is 2.30. The molecular weight excluding hydrogens is 423 g/mol. The summed E-state index contributed by atoms with van der Waals surface area (Å²) in [6, 6.07) is 6.13. The molecule has 3 aromatic rings. The number of alkyl halides is 3. The van der Waals surface area contributed by atoms with E-state index in [1.165, 1.54) is 12.1 Å². The molecule has 0 radical (unpaired) electrons. The summed E-state index contributed by atoms with van der Waals surface area (Å²) in [5.74, 6) is -0.387. The Morgan fingerprint density at radius 3 is 2.41 bits per heavy atom. The molecule has 0 spiro atoms. The van der Waals surface area contributed by atoms with Crippen molar-refractivity contribution in [3.8, 4) is 11.1 Å². The summed E-state index contributed by atoms with van der Waals surface area (Å²) in [4.78, 5) is 0. The van der Waals surface area contributed by atoms with Gasteiger partial charge in [-0.15, -0.1) is 0 Å². The van der Waals surface area contributed by atoms with Crippen molar-refractivity contribution in [3.63, 3.8) is 0 Å². The fourth-order valence-corrected chi connectivity index (χ4v) is 4.89. The number of sulfonamides is 1. The van der Waals surface area contributed by atoms with Gasteiger partial charge in [-0.1, -0.05) is 12.1 Å². The highest BCUT2D eigenvalue weighted by Gasteiger charge is 2.30. The Hall–Kier alpha value is -2.17. The molecule has 1 N–H and O–H groups in total. The molecule has 5 nitrogen and oxygen atoms in total. The van der Waals surface area contributed by atoms with Crippen LogP contribution in [0.5, 0.6) is 0 Å². The lowest BCUT2D eigenvalue weighted by Gasteiger charge is -2.10. The molecule has 0 saturated heterocycles. The van der Waals surface area contributed by atoms with Crippen LogP contribution in [-0.2, 0) is 28.5 Å². The Labute approximate surface area is 171 Å². The van der Waals surface area contributed by atoms with Crippen LogP contribution in [0, 0.1) is 13.8 Å². The second-order valence-electron chi connectivity index (χ2n) is 6.63. The summed E-state index contributed by atoms with van der Waals surface area (Å²) in [6.07, 6.45) is -4.45. The third kappa shape index (κ3) is 5.26. The number of aromatic nitrogens is 2. The zero-order valence-electron chi connectivity index (χ0n) is 15.8. The first-order valence-corrected chi connectivity index (χ1v) is 11.4. The lowest BCUT2D eigenvalue weighted by Crippen LogP contribution is -2.29. The van der Waals surface area contributed by atoms with Crippen LogP contribution in [-0.4, -0.2) is 24.7 Å². The van der Waals surface area contributed by atoms with E-state index in [-0.39, 0.29) is 17.9 Å². The molecule has 2 aromatic heterocycles. The van der Waals surface area contributed by atoms with Crippen LogP contribution in [0.4, 0.5) is 13.2 Å². The van der Waals surface area contributed by atoms with Crippen molar-refractivity contribution in [2.75, 3.05) is 6.54 Å². The summed E-state index contributed by atoms with van der Waals surface area (Å²) in [7, 11) is -3.68. The molecule has 0 saturated carbocycles. The molecule has 0 bridgehead atoms. The van der Waals surface area contributed by atoms with Crippen molar-refractivity contribution >= 4 is 21.4 Å². The third-order valence-corrected chi connectivity index (χ3v) is 6.52. The number of aryl methyl sites for hydroxylation is 1. The molecule has 0 amide bonds. The fraction of sp³-hybridized carbons (Fsp3) is 0.316. The van der Waals surface area contributed by atoms with Gasteiger partial charge in [0.05, 0.1) is 23.6 Å². The number of halogens is 3. The topological polar surface area (TPSA) is 64.0 Å². The summed E-state index contributed by atoms with van der Waals surface area (Å²) < 4.78 is 66.5. The van der Waals surface area contributed by atoms with Gasteiger partial charge in [-0.05, 0) is 53.9 Å². The molecule has 0 aliphatic rings. The highest BCUT2D eigenvalue weighted by atomic mass is 32.2. The standard InChI is InChI=1S/C19H20F3N3O2S2/c1-13-18(16-7-10-28-11-16)14(2)25(24-13)9-8-23-29(26,27)12-15-3-5-17(6-4-15)19(20,21)22/h3-7,10-11,23H,8-9,12H2,1-2H3. The van der Waals surface area contributed by atoms with E-state index in [2.05, 4.69) is 9.82 Å². The first-order chi connectivity index (χ1) is 13.6. The Morgan fingerprint density at radius 1 is 1.14 bits per heavy atom. The van der Waals surface area contributed by atoms with Crippen LogP contribution >= 0.6 is 11.3 Å². The Balaban J connectivity index is 1.61. The summed E-state index contributed by atoms with van der Waals surface area (Å²) in [5.41, 5.74) is 3.42. The van der Waals surface area contributed by atoms with E-state index >= 15 is 0 Å². The number of nitrogens with one attached hydrogen (secondary N) is 1. The minimum absolute atomic E-state index is 0.133. The van der Waals surface area contributed by atoms with Crippen molar-refractivity contribution in [1.82, 2.24) is 14.5 Å². The molecule has 0 fully saturated rings. The lowest BCUT2D eigenvalue weighted by atomic mass is 10.1. The van der Waals surface area contributed by atoms with Crippen molar-refractivity contribution in [2.45, 2.75) is 32.3 Å². The van der Waals surface area contributed by atoms with E-state index in [1.807, 2.05) is 30.7 Å². The van der Waals surface area contributed by atoms with Crippen LogP contribution < -0.4 is 4.72 Å². The lowest BCUT2D eigenvalue weighted by molar-refractivity contribution is -0.137. The highest BCUT2D eigenvalue weighted by molar-refractivity contribution is 7.88. The minimum Gasteiger partial charge on any atom is -0.268 e. The zero-order chi connectivity index (χ0) is 21.2. The molecule has 0 unspecified atom stereocenters. The van der Waals surface area contributed by atoms with Gasteiger partial charge in [0.15, 0.2) is 0 Å². The average molecular weight is 444 g/mol. The number of thiophene rings is 1. The number of hydrogen-bond donors (Lipinski definition) is 1. The largest absolute Gasteiger partial charge is 0.416 e. The maximum Gasteiger partial charge on any atom is 0.416 e. The van der Waals surface area contributed by atoms with Gasteiger partial charge in [-0.2, -0.15) is 29.6 Å². The van der Waals surface area contributed by atoms with E-state index in [0.29, 0.717) is 6.54 Å². The van der Waals surface area contributed by atoms with Crippen LogP contribution in [0.1, 0.15) is 22.5 Å². The van der Waals surface area contributed by atoms with Crippen molar-refractivity contribution in [1.29, 1.82) is 0 Å². The van der Waals surface area contributed by atoms with Crippen molar-refractivity contribution in [2.24, 2.45) is 0 Å². The van der Waals surface area contributed by atoms with Gasteiger partial charge in [-0.25, -0.2) is 13.1 Å². The monoisotopic (exact) mass is 443 g/mol. The molecule has 0 aliphatic heterocycles. The van der Waals surface area contributed by atoms with E-state index in [0.717, 1.165) is 34.6 Å². The van der Waals surface area contributed by atoms with E-state index in [9.17, 15) is 21.6 Å². The Bertz CT molecular complexity index is 1070. The number of hydrogen-bond acceptors (Lipinski definition) is 4. The maximum absolute atomic E-state index is 12.6. The Kier molecular flexibility index (Phi) is 6.16. The average Bonchev–Trinajstić information content (AvgIpc) is 3.22. The second kappa shape index (κ2) is 8.29. The number of benzene rings is 1. The van der Waals surface area contributed by atoms with Gasteiger partial charge < -0.3 is 0 Å². The Morgan fingerprint density at radius 2 is 1.83 bits per heavy atom. The summed E-state index contributed by atoms with van der Waals surface area (Å²) >= 11 is 1.59. The van der Waals surface area contributed by atoms with E-state index < -0.39 is 21.8 Å². The molecule has 10 heteroatoms. The third-order valence-electron chi connectivity index (χ3n) is 4.47. The van der Waals surface area contributed by atoms with Gasteiger partial charge in [0.25, 0.3) is 0 Å². The normalized spacial score (nSPS) is 12.4. The van der Waals surface area contributed by atoms with Gasteiger partial charge in [-0.3, -0.25) is 4.68 Å². The summed E-state index contributed by atoms with van der Waals surface area (Å²) in [5, 5.41) is 8.51. The van der Waals surface area contributed by atoms with Crippen LogP contribution in [0.15, 0.2) is 41.1 Å². The molecular formula is C19H20F3N3O2S2. The minimum atomic E-state index is -4.45. The van der Waals surface area contributed by atoms with Gasteiger partial charge in [0.1, 0.15) is 0 Å². The van der Waals surface area contributed by atoms with Crippen molar-refractivity contribution in [3.05, 3.63) is 63.6 Å². The van der Waals surface area contributed by atoms with E-state index in [4.69, 9.17) is 0 Å². The van der Waals surface area contributed by atoms with Crippen LogP contribution in [0.3, 0.4) is 0 Å².